The SMILES string of the molecule is CCOC(=O)c1cnc(SCC(=O)Nc2ccc([N+](=O)[O-])cc2)[nH]1. The number of esters is 1. The zero-order chi connectivity index (χ0) is 17.5. The van der Waals surface area contributed by atoms with Crippen LogP contribution in [0.25, 0.3) is 0 Å². The van der Waals surface area contributed by atoms with E-state index < -0.39 is 10.9 Å². The van der Waals surface area contributed by atoms with E-state index in [1.54, 1.807) is 6.92 Å². The topological polar surface area (TPSA) is 127 Å². The standard InChI is InChI=1S/C14H14N4O5S/c1-2-23-13(20)11-7-15-14(17-11)24-8-12(19)16-9-3-5-10(6-4-9)18(21)22/h3-7H,2,8H2,1H3,(H,15,17)(H,16,19). The number of nitrogens with zero attached hydrogens (tertiary/aromatic N) is 2. The van der Waals surface area contributed by atoms with E-state index in [9.17, 15) is 19.7 Å². The van der Waals surface area contributed by atoms with Gasteiger partial charge in [-0.1, -0.05) is 11.8 Å². The summed E-state index contributed by atoms with van der Waals surface area (Å²) in [5.74, 6) is -0.748. The quantitative estimate of drug-likeness (QED) is 0.339. The maximum absolute atomic E-state index is 11.8. The number of anilines is 1. The van der Waals surface area contributed by atoms with Crippen molar-refractivity contribution in [1.82, 2.24) is 9.97 Å². The van der Waals surface area contributed by atoms with Crippen molar-refractivity contribution in [2.75, 3.05) is 17.7 Å². The molecule has 0 aliphatic carbocycles. The van der Waals surface area contributed by atoms with Crippen LogP contribution in [0.15, 0.2) is 35.6 Å². The monoisotopic (exact) mass is 350 g/mol. The maximum atomic E-state index is 11.8. The number of benzene rings is 1. The molecule has 0 fully saturated rings. The molecule has 1 heterocycles. The van der Waals surface area contributed by atoms with Crippen molar-refractivity contribution in [3.63, 3.8) is 0 Å². The van der Waals surface area contributed by atoms with Crippen LogP contribution in [0, 0.1) is 10.1 Å². The number of hydrogen-bond acceptors (Lipinski definition) is 7. The Labute approximate surface area is 141 Å². The van der Waals surface area contributed by atoms with Crippen LogP contribution >= 0.6 is 11.8 Å². The summed E-state index contributed by atoms with van der Waals surface area (Å²) in [5.41, 5.74) is 0.623. The highest BCUT2D eigenvalue weighted by atomic mass is 32.2. The lowest BCUT2D eigenvalue weighted by Gasteiger charge is -2.03. The fourth-order valence-corrected chi connectivity index (χ4v) is 2.34. The molecule has 9 nitrogen and oxygen atoms in total. The average Bonchev–Trinajstić information content (AvgIpc) is 3.03. The number of aromatic nitrogens is 2. The number of carbonyl (C=O) groups is 2. The lowest BCUT2D eigenvalue weighted by molar-refractivity contribution is -0.384. The smallest absolute Gasteiger partial charge is 0.356 e. The molecule has 1 aromatic carbocycles. The van der Waals surface area contributed by atoms with Gasteiger partial charge in [-0.3, -0.25) is 14.9 Å². The highest BCUT2D eigenvalue weighted by Crippen LogP contribution is 2.17. The summed E-state index contributed by atoms with van der Waals surface area (Å²) in [6, 6.07) is 5.51. The Morgan fingerprint density at radius 3 is 2.71 bits per heavy atom. The third kappa shape index (κ3) is 4.81. The van der Waals surface area contributed by atoms with Crippen LogP contribution in [-0.2, 0) is 9.53 Å². The molecule has 2 rings (SSSR count). The Hall–Kier alpha value is -2.88. The zero-order valence-electron chi connectivity index (χ0n) is 12.6. The lowest BCUT2D eigenvalue weighted by Crippen LogP contribution is -2.14. The lowest BCUT2D eigenvalue weighted by atomic mass is 10.3. The number of aromatic amines is 1. The summed E-state index contributed by atoms with van der Waals surface area (Å²) in [4.78, 5) is 40.1. The molecular formula is C14H14N4O5S. The number of imidazole rings is 1. The highest BCUT2D eigenvalue weighted by Gasteiger charge is 2.12. The number of non-ortho nitro benzene ring substituents is 1. The van der Waals surface area contributed by atoms with Crippen LogP contribution in [0.4, 0.5) is 11.4 Å². The van der Waals surface area contributed by atoms with Gasteiger partial charge in [0.2, 0.25) is 5.91 Å². The summed E-state index contributed by atoms with van der Waals surface area (Å²) in [6.07, 6.45) is 1.34. The summed E-state index contributed by atoms with van der Waals surface area (Å²) >= 11 is 1.12. The van der Waals surface area contributed by atoms with E-state index in [4.69, 9.17) is 4.74 Å². The van der Waals surface area contributed by atoms with Gasteiger partial charge in [0.25, 0.3) is 5.69 Å². The number of nitrogens with one attached hydrogen (secondary N) is 2. The van der Waals surface area contributed by atoms with Gasteiger partial charge in [0.15, 0.2) is 5.16 Å². The summed E-state index contributed by atoms with van der Waals surface area (Å²) in [5, 5.41) is 13.6. The third-order valence-electron chi connectivity index (χ3n) is 2.75. The first-order valence-electron chi connectivity index (χ1n) is 6.89. The fraction of sp³-hybridized carbons (Fsp3) is 0.214. The van der Waals surface area contributed by atoms with Crippen molar-refractivity contribution in [1.29, 1.82) is 0 Å². The van der Waals surface area contributed by atoms with E-state index in [-0.39, 0.29) is 29.6 Å². The summed E-state index contributed by atoms with van der Waals surface area (Å²) in [7, 11) is 0. The van der Waals surface area contributed by atoms with Gasteiger partial charge in [0, 0.05) is 17.8 Å². The van der Waals surface area contributed by atoms with Gasteiger partial charge in [0.1, 0.15) is 5.69 Å². The number of hydrogen-bond donors (Lipinski definition) is 2. The van der Waals surface area contributed by atoms with Gasteiger partial charge in [0.05, 0.1) is 23.5 Å². The fourth-order valence-electron chi connectivity index (χ4n) is 1.69. The molecule has 24 heavy (non-hydrogen) atoms. The largest absolute Gasteiger partial charge is 0.461 e. The Bertz CT molecular complexity index is 744. The minimum Gasteiger partial charge on any atom is -0.461 e. The first-order valence-corrected chi connectivity index (χ1v) is 7.87. The number of nitro groups is 1. The molecule has 0 spiro atoms. The molecule has 10 heteroatoms. The Morgan fingerprint density at radius 2 is 2.08 bits per heavy atom. The molecule has 0 aliphatic rings. The van der Waals surface area contributed by atoms with Crippen molar-refractivity contribution < 1.29 is 19.2 Å². The van der Waals surface area contributed by atoms with Crippen LogP contribution in [0.5, 0.6) is 0 Å². The molecule has 0 unspecified atom stereocenters. The molecule has 1 aromatic heterocycles. The van der Waals surface area contributed by atoms with E-state index in [0.29, 0.717) is 10.8 Å². The predicted molar refractivity (Wildman–Crippen MR) is 87.0 cm³/mol. The van der Waals surface area contributed by atoms with Crippen LogP contribution in [0.1, 0.15) is 17.4 Å². The molecule has 0 atom stereocenters. The number of H-pyrrole nitrogens is 1. The molecule has 0 bridgehead atoms. The predicted octanol–water partition coefficient (Wildman–Crippen LogP) is 2.23. The van der Waals surface area contributed by atoms with Crippen molar-refractivity contribution in [3.8, 4) is 0 Å². The number of amides is 1. The van der Waals surface area contributed by atoms with Crippen LogP contribution in [0.2, 0.25) is 0 Å². The van der Waals surface area contributed by atoms with Gasteiger partial charge in [-0.15, -0.1) is 0 Å². The third-order valence-corrected chi connectivity index (χ3v) is 3.64. The molecule has 0 saturated carbocycles. The number of carbonyl (C=O) groups excluding carboxylic acids is 2. The molecule has 0 radical (unpaired) electrons. The van der Waals surface area contributed by atoms with Gasteiger partial charge in [-0.2, -0.15) is 0 Å². The number of ether oxygens (including phenoxy) is 1. The minimum atomic E-state index is -0.514. The van der Waals surface area contributed by atoms with E-state index in [2.05, 4.69) is 15.3 Å². The molecule has 0 saturated heterocycles. The van der Waals surface area contributed by atoms with E-state index >= 15 is 0 Å². The first-order chi connectivity index (χ1) is 11.5. The Balaban J connectivity index is 1.84. The second kappa shape index (κ2) is 8.11. The van der Waals surface area contributed by atoms with E-state index in [0.717, 1.165) is 11.8 Å². The second-order valence-corrected chi connectivity index (χ2v) is 5.43. The first kappa shape index (κ1) is 17.5. The molecule has 1 amide bonds. The normalized spacial score (nSPS) is 10.2. The summed E-state index contributed by atoms with van der Waals surface area (Å²) < 4.78 is 4.83. The van der Waals surface area contributed by atoms with E-state index in [1.165, 1.54) is 30.5 Å². The van der Waals surface area contributed by atoms with Gasteiger partial charge < -0.3 is 15.0 Å². The minimum absolute atomic E-state index is 0.0514. The molecular weight excluding hydrogens is 336 g/mol. The van der Waals surface area contributed by atoms with Crippen molar-refractivity contribution in [3.05, 3.63) is 46.3 Å². The van der Waals surface area contributed by atoms with Crippen LogP contribution in [-0.4, -0.2) is 39.1 Å². The molecule has 2 aromatic rings. The van der Waals surface area contributed by atoms with Crippen LogP contribution < -0.4 is 5.32 Å². The Morgan fingerprint density at radius 1 is 1.38 bits per heavy atom. The second-order valence-electron chi connectivity index (χ2n) is 4.46. The van der Waals surface area contributed by atoms with Gasteiger partial charge in [-0.05, 0) is 19.1 Å². The van der Waals surface area contributed by atoms with Gasteiger partial charge in [-0.25, -0.2) is 9.78 Å². The maximum Gasteiger partial charge on any atom is 0.356 e. The summed E-state index contributed by atoms with van der Waals surface area (Å²) in [6.45, 7) is 1.96. The number of thioether (sulfide) groups is 1. The highest BCUT2D eigenvalue weighted by molar-refractivity contribution is 7.99. The van der Waals surface area contributed by atoms with Gasteiger partial charge >= 0.3 is 5.97 Å². The molecule has 126 valence electrons. The molecule has 2 N–H and O–H groups in total. The average molecular weight is 350 g/mol. The van der Waals surface area contributed by atoms with E-state index in [1.807, 2.05) is 0 Å². The van der Waals surface area contributed by atoms with Crippen molar-refractivity contribution in [2.45, 2.75) is 12.1 Å². The molecule has 0 aliphatic heterocycles. The van der Waals surface area contributed by atoms with Crippen LogP contribution in [0.3, 0.4) is 0 Å². The van der Waals surface area contributed by atoms with Crippen molar-refractivity contribution >= 4 is 35.0 Å². The van der Waals surface area contributed by atoms with Crippen molar-refractivity contribution in [2.24, 2.45) is 0 Å². The zero-order valence-corrected chi connectivity index (χ0v) is 13.5. The Kier molecular flexibility index (Phi) is 5.90. The number of rotatable bonds is 7. The number of nitro benzene ring substituents is 1.